The molecule has 0 amide bonds. The summed E-state index contributed by atoms with van der Waals surface area (Å²) in [6.45, 7) is 6.29. The van der Waals surface area contributed by atoms with Crippen molar-refractivity contribution in [3.63, 3.8) is 0 Å². The van der Waals surface area contributed by atoms with E-state index in [0.29, 0.717) is 6.54 Å². The number of hydrogen-bond acceptors (Lipinski definition) is 5. The molecule has 1 aliphatic rings. The summed E-state index contributed by atoms with van der Waals surface area (Å²) in [7, 11) is 0. The first-order valence-corrected chi connectivity index (χ1v) is 5.49. The molecule has 0 aliphatic carbocycles. The smallest absolute Gasteiger partial charge is 0.132 e. The molecule has 1 fully saturated rings. The van der Waals surface area contributed by atoms with Crippen molar-refractivity contribution < 1.29 is 4.74 Å². The van der Waals surface area contributed by atoms with Crippen LogP contribution in [0.1, 0.15) is 13.8 Å². The van der Waals surface area contributed by atoms with Crippen LogP contribution in [0.4, 0.5) is 5.82 Å². The zero-order valence-corrected chi connectivity index (χ0v) is 9.76. The molecule has 1 aliphatic heterocycles. The van der Waals surface area contributed by atoms with E-state index in [1.165, 1.54) is 0 Å². The molecule has 5 nitrogen and oxygen atoms in total. The number of nitrogens with two attached hydrogens (primary N) is 1. The Morgan fingerprint density at radius 3 is 3.06 bits per heavy atom. The Morgan fingerprint density at radius 1 is 1.62 bits per heavy atom. The van der Waals surface area contributed by atoms with Crippen LogP contribution in [0.15, 0.2) is 18.6 Å². The Labute approximate surface area is 95.6 Å². The Kier molecular flexibility index (Phi) is 3.07. The van der Waals surface area contributed by atoms with E-state index in [1.54, 1.807) is 12.5 Å². The fourth-order valence-electron chi connectivity index (χ4n) is 2.06. The maximum atomic E-state index is 5.86. The van der Waals surface area contributed by atoms with E-state index in [0.717, 1.165) is 18.9 Å². The molecule has 0 saturated carbocycles. The van der Waals surface area contributed by atoms with Gasteiger partial charge in [-0.3, -0.25) is 0 Å². The van der Waals surface area contributed by atoms with Gasteiger partial charge < -0.3 is 15.4 Å². The van der Waals surface area contributed by atoms with E-state index in [9.17, 15) is 0 Å². The van der Waals surface area contributed by atoms with E-state index in [1.807, 2.05) is 6.07 Å². The molecule has 0 radical (unpaired) electrons. The van der Waals surface area contributed by atoms with Crippen LogP contribution in [0.5, 0.6) is 0 Å². The maximum Gasteiger partial charge on any atom is 0.132 e. The highest BCUT2D eigenvalue weighted by Crippen LogP contribution is 2.23. The van der Waals surface area contributed by atoms with Crippen LogP contribution in [0.25, 0.3) is 0 Å². The van der Waals surface area contributed by atoms with E-state index in [2.05, 4.69) is 28.7 Å². The van der Waals surface area contributed by atoms with E-state index >= 15 is 0 Å². The molecular weight excluding hydrogens is 204 g/mol. The van der Waals surface area contributed by atoms with Crippen molar-refractivity contribution in [2.24, 2.45) is 5.73 Å². The van der Waals surface area contributed by atoms with Crippen molar-refractivity contribution in [2.45, 2.75) is 25.6 Å². The van der Waals surface area contributed by atoms with E-state index in [-0.39, 0.29) is 11.7 Å². The quantitative estimate of drug-likeness (QED) is 0.785. The van der Waals surface area contributed by atoms with Crippen LogP contribution in [-0.2, 0) is 4.74 Å². The molecule has 1 aromatic heterocycles. The first kappa shape index (κ1) is 11.3. The SMILES string of the molecule is CC1(C)CN(c2ccncn2)CC(CN)O1. The van der Waals surface area contributed by atoms with Gasteiger partial charge in [-0.2, -0.15) is 0 Å². The summed E-state index contributed by atoms with van der Waals surface area (Å²) in [6, 6.07) is 1.91. The van der Waals surface area contributed by atoms with Crippen LogP contribution in [-0.4, -0.2) is 41.3 Å². The Morgan fingerprint density at radius 2 is 2.44 bits per heavy atom. The number of aromatic nitrogens is 2. The molecule has 5 heteroatoms. The standard InChI is InChI=1S/C11H18N4O/c1-11(2)7-15(6-9(5-12)16-11)10-3-4-13-8-14-10/h3-4,8-9H,5-7,12H2,1-2H3. The third kappa shape index (κ3) is 2.48. The Hall–Kier alpha value is -1.20. The second kappa shape index (κ2) is 4.35. The highest BCUT2D eigenvalue weighted by molar-refractivity contribution is 5.38. The number of anilines is 1. The van der Waals surface area contributed by atoms with Crippen LogP contribution < -0.4 is 10.6 Å². The number of morpholine rings is 1. The topological polar surface area (TPSA) is 64.3 Å². The molecule has 2 N–H and O–H groups in total. The van der Waals surface area contributed by atoms with Crippen molar-refractivity contribution in [2.75, 3.05) is 24.5 Å². The number of rotatable bonds is 2. The maximum absolute atomic E-state index is 5.86. The molecule has 0 aromatic carbocycles. The molecule has 2 heterocycles. The summed E-state index contributed by atoms with van der Waals surface area (Å²) in [6.07, 6.45) is 3.39. The lowest BCUT2D eigenvalue weighted by Crippen LogP contribution is -2.55. The van der Waals surface area contributed by atoms with E-state index < -0.39 is 0 Å². The normalized spacial score (nSPS) is 24.4. The van der Waals surface area contributed by atoms with Gasteiger partial charge in [-0.05, 0) is 19.9 Å². The van der Waals surface area contributed by atoms with Crippen molar-refractivity contribution >= 4 is 5.82 Å². The molecule has 1 atom stereocenters. The molecule has 88 valence electrons. The highest BCUT2D eigenvalue weighted by atomic mass is 16.5. The van der Waals surface area contributed by atoms with Gasteiger partial charge in [0.05, 0.1) is 11.7 Å². The second-order valence-corrected chi connectivity index (χ2v) is 4.68. The molecular formula is C11H18N4O. The summed E-state index contributed by atoms with van der Waals surface area (Å²) in [5.74, 6) is 0.935. The summed E-state index contributed by atoms with van der Waals surface area (Å²) in [5, 5.41) is 0. The van der Waals surface area contributed by atoms with Gasteiger partial charge in [0, 0.05) is 25.8 Å². The molecule has 1 unspecified atom stereocenters. The Bertz CT molecular complexity index is 341. The van der Waals surface area contributed by atoms with Crippen LogP contribution in [0.2, 0.25) is 0 Å². The van der Waals surface area contributed by atoms with Gasteiger partial charge in [-0.1, -0.05) is 0 Å². The zero-order chi connectivity index (χ0) is 11.6. The van der Waals surface area contributed by atoms with Crippen molar-refractivity contribution in [3.8, 4) is 0 Å². The van der Waals surface area contributed by atoms with Gasteiger partial charge in [-0.15, -0.1) is 0 Å². The monoisotopic (exact) mass is 222 g/mol. The largest absolute Gasteiger partial charge is 0.367 e. The van der Waals surface area contributed by atoms with E-state index in [4.69, 9.17) is 10.5 Å². The Balaban J connectivity index is 2.16. The fourth-order valence-corrected chi connectivity index (χ4v) is 2.06. The summed E-state index contributed by atoms with van der Waals surface area (Å²) in [5.41, 5.74) is 5.49. The lowest BCUT2D eigenvalue weighted by molar-refractivity contribution is -0.0790. The molecule has 1 aromatic rings. The third-order valence-electron chi connectivity index (χ3n) is 2.63. The second-order valence-electron chi connectivity index (χ2n) is 4.68. The summed E-state index contributed by atoms with van der Waals surface area (Å²) < 4.78 is 5.86. The van der Waals surface area contributed by atoms with Gasteiger partial charge >= 0.3 is 0 Å². The lowest BCUT2D eigenvalue weighted by Gasteiger charge is -2.43. The lowest BCUT2D eigenvalue weighted by atomic mass is 10.1. The molecule has 2 rings (SSSR count). The van der Waals surface area contributed by atoms with Crippen LogP contribution in [0.3, 0.4) is 0 Å². The van der Waals surface area contributed by atoms with Gasteiger partial charge in [0.15, 0.2) is 0 Å². The first-order valence-electron chi connectivity index (χ1n) is 5.49. The predicted molar refractivity (Wildman–Crippen MR) is 62.3 cm³/mol. The number of hydrogen-bond donors (Lipinski definition) is 1. The first-order chi connectivity index (χ1) is 7.61. The van der Waals surface area contributed by atoms with Crippen LogP contribution in [0, 0.1) is 0 Å². The van der Waals surface area contributed by atoms with Gasteiger partial charge in [0.1, 0.15) is 12.1 Å². The fraction of sp³-hybridized carbons (Fsp3) is 0.636. The number of ether oxygens (including phenoxy) is 1. The van der Waals surface area contributed by atoms with Crippen molar-refractivity contribution in [1.82, 2.24) is 9.97 Å². The predicted octanol–water partition coefficient (Wildman–Crippen LogP) is 0.419. The zero-order valence-electron chi connectivity index (χ0n) is 9.76. The minimum absolute atomic E-state index is 0.0683. The van der Waals surface area contributed by atoms with Gasteiger partial charge in [0.25, 0.3) is 0 Å². The average Bonchev–Trinajstić information content (AvgIpc) is 2.28. The minimum Gasteiger partial charge on any atom is -0.367 e. The molecule has 1 saturated heterocycles. The minimum atomic E-state index is -0.187. The highest BCUT2D eigenvalue weighted by Gasteiger charge is 2.33. The average molecular weight is 222 g/mol. The molecule has 16 heavy (non-hydrogen) atoms. The van der Waals surface area contributed by atoms with Gasteiger partial charge in [-0.25, -0.2) is 9.97 Å². The summed E-state index contributed by atoms with van der Waals surface area (Å²) in [4.78, 5) is 10.4. The molecule has 0 bridgehead atoms. The van der Waals surface area contributed by atoms with Crippen LogP contribution >= 0.6 is 0 Å². The van der Waals surface area contributed by atoms with Gasteiger partial charge in [0.2, 0.25) is 0 Å². The molecule has 0 spiro atoms. The number of nitrogens with zero attached hydrogens (tertiary/aromatic N) is 3. The third-order valence-corrected chi connectivity index (χ3v) is 2.63. The van der Waals surface area contributed by atoms with Crippen molar-refractivity contribution in [3.05, 3.63) is 18.6 Å². The van der Waals surface area contributed by atoms with Crippen molar-refractivity contribution in [1.29, 1.82) is 0 Å². The summed E-state index contributed by atoms with van der Waals surface area (Å²) >= 11 is 0.